The Balaban J connectivity index is 1.48. The zero-order valence-corrected chi connectivity index (χ0v) is 13.7. The Morgan fingerprint density at radius 1 is 1.38 bits per heavy atom. The van der Waals surface area contributed by atoms with E-state index in [-0.39, 0.29) is 0 Å². The van der Waals surface area contributed by atoms with Crippen molar-refractivity contribution in [2.75, 3.05) is 18.5 Å². The van der Waals surface area contributed by atoms with Crippen LogP contribution in [0.15, 0.2) is 8.76 Å². The molecule has 2 aromatic rings. The molecule has 1 aliphatic heterocycles. The number of thioether (sulfide) groups is 1. The summed E-state index contributed by atoms with van der Waals surface area (Å²) in [5.74, 6) is 2.29. The standard InChI is InChI=1S/C13H18N4O2S2/c1-8-9(2)19-11(15-8)7-20-13-17-16-12(21-13)14-6-10-4-3-5-18-10/h10H,3-7H2,1-2H3,(H,14,16)/t10-/m0/s1. The SMILES string of the molecule is Cc1nc(CSc2nnc(NC[C@@H]3CCCO3)s2)oc1C. The van der Waals surface area contributed by atoms with Gasteiger partial charge in [-0.2, -0.15) is 0 Å². The summed E-state index contributed by atoms with van der Waals surface area (Å²) < 4.78 is 12.0. The lowest BCUT2D eigenvalue weighted by Gasteiger charge is -2.08. The number of oxazole rings is 1. The van der Waals surface area contributed by atoms with Crippen molar-refractivity contribution in [1.82, 2.24) is 15.2 Å². The van der Waals surface area contributed by atoms with Crippen molar-refractivity contribution in [2.45, 2.75) is 42.9 Å². The van der Waals surface area contributed by atoms with Gasteiger partial charge in [-0.05, 0) is 26.7 Å². The fourth-order valence-corrected chi connectivity index (χ4v) is 3.67. The molecular formula is C13H18N4O2S2. The highest BCUT2D eigenvalue weighted by Crippen LogP contribution is 2.28. The fourth-order valence-electron chi connectivity index (χ4n) is 2.07. The summed E-state index contributed by atoms with van der Waals surface area (Å²) in [7, 11) is 0. The molecule has 0 aliphatic carbocycles. The lowest BCUT2D eigenvalue weighted by Crippen LogP contribution is -2.18. The minimum Gasteiger partial charge on any atom is -0.445 e. The van der Waals surface area contributed by atoms with Gasteiger partial charge in [0.25, 0.3) is 0 Å². The van der Waals surface area contributed by atoms with Gasteiger partial charge in [0.1, 0.15) is 5.76 Å². The lowest BCUT2D eigenvalue weighted by atomic mass is 10.2. The van der Waals surface area contributed by atoms with Gasteiger partial charge in [-0.3, -0.25) is 0 Å². The van der Waals surface area contributed by atoms with Gasteiger partial charge in [-0.25, -0.2) is 4.98 Å². The molecule has 1 saturated heterocycles. The van der Waals surface area contributed by atoms with Crippen molar-refractivity contribution < 1.29 is 9.15 Å². The van der Waals surface area contributed by atoms with E-state index in [4.69, 9.17) is 9.15 Å². The number of nitrogens with zero attached hydrogens (tertiary/aromatic N) is 3. The Hall–Kier alpha value is -1.12. The third-order valence-corrected chi connectivity index (χ3v) is 5.30. The first-order valence-electron chi connectivity index (χ1n) is 6.95. The number of aromatic nitrogens is 3. The van der Waals surface area contributed by atoms with Crippen LogP contribution in [0.1, 0.15) is 30.2 Å². The zero-order chi connectivity index (χ0) is 14.7. The molecule has 0 spiro atoms. The van der Waals surface area contributed by atoms with Gasteiger partial charge in [0, 0.05) is 13.2 Å². The van der Waals surface area contributed by atoms with Crippen LogP contribution in [-0.4, -0.2) is 34.4 Å². The molecule has 0 unspecified atom stereocenters. The van der Waals surface area contributed by atoms with Crippen molar-refractivity contribution in [1.29, 1.82) is 0 Å². The van der Waals surface area contributed by atoms with E-state index in [0.29, 0.717) is 11.9 Å². The Kier molecular flexibility index (Phi) is 4.77. The fraction of sp³-hybridized carbons (Fsp3) is 0.615. The molecule has 1 N–H and O–H groups in total. The van der Waals surface area contributed by atoms with Crippen molar-refractivity contribution in [3.63, 3.8) is 0 Å². The molecule has 21 heavy (non-hydrogen) atoms. The number of hydrogen-bond donors (Lipinski definition) is 1. The van der Waals surface area contributed by atoms with Gasteiger partial charge in [-0.15, -0.1) is 10.2 Å². The molecule has 0 radical (unpaired) electrons. The largest absolute Gasteiger partial charge is 0.445 e. The van der Waals surface area contributed by atoms with Crippen LogP contribution in [0.3, 0.4) is 0 Å². The smallest absolute Gasteiger partial charge is 0.206 e. The average molecular weight is 326 g/mol. The molecule has 3 heterocycles. The maximum atomic E-state index is 5.57. The van der Waals surface area contributed by atoms with Crippen molar-refractivity contribution in [3.8, 4) is 0 Å². The minimum atomic E-state index is 0.309. The molecule has 6 nitrogen and oxygen atoms in total. The molecule has 8 heteroatoms. The number of anilines is 1. The second-order valence-electron chi connectivity index (χ2n) is 4.93. The lowest BCUT2D eigenvalue weighted by molar-refractivity contribution is 0.120. The number of aryl methyl sites for hydroxylation is 2. The Bertz CT molecular complexity index is 573. The highest BCUT2D eigenvalue weighted by molar-refractivity contribution is 8.00. The van der Waals surface area contributed by atoms with Gasteiger partial charge in [0.05, 0.1) is 17.6 Å². The molecule has 3 rings (SSSR count). The number of ether oxygens (including phenoxy) is 1. The van der Waals surface area contributed by atoms with E-state index in [1.54, 1.807) is 23.1 Å². The Morgan fingerprint density at radius 2 is 2.29 bits per heavy atom. The first kappa shape index (κ1) is 14.8. The van der Waals surface area contributed by atoms with Crippen LogP contribution in [0.4, 0.5) is 5.13 Å². The third kappa shape index (κ3) is 3.96. The van der Waals surface area contributed by atoms with Crippen molar-refractivity contribution in [2.24, 2.45) is 0 Å². The van der Waals surface area contributed by atoms with Crippen LogP contribution in [0.5, 0.6) is 0 Å². The van der Waals surface area contributed by atoms with E-state index in [9.17, 15) is 0 Å². The van der Waals surface area contributed by atoms with Crippen LogP contribution in [-0.2, 0) is 10.5 Å². The normalized spacial score (nSPS) is 18.3. The van der Waals surface area contributed by atoms with E-state index in [0.717, 1.165) is 52.8 Å². The molecule has 0 aromatic carbocycles. The van der Waals surface area contributed by atoms with E-state index < -0.39 is 0 Å². The summed E-state index contributed by atoms with van der Waals surface area (Å²) in [6.45, 7) is 5.55. The highest BCUT2D eigenvalue weighted by atomic mass is 32.2. The maximum absolute atomic E-state index is 5.57. The molecular weight excluding hydrogens is 308 g/mol. The number of rotatable bonds is 6. The number of nitrogens with one attached hydrogen (secondary N) is 1. The van der Waals surface area contributed by atoms with Gasteiger partial charge in [-0.1, -0.05) is 23.1 Å². The van der Waals surface area contributed by atoms with Crippen LogP contribution in [0.25, 0.3) is 0 Å². The summed E-state index contributed by atoms with van der Waals surface area (Å²) in [6, 6.07) is 0. The predicted octanol–water partition coefficient (Wildman–Crippen LogP) is 3.03. The monoisotopic (exact) mass is 326 g/mol. The first-order chi connectivity index (χ1) is 10.2. The van der Waals surface area contributed by atoms with Crippen LogP contribution in [0.2, 0.25) is 0 Å². The molecule has 1 fully saturated rings. The molecule has 0 amide bonds. The first-order valence-corrected chi connectivity index (χ1v) is 8.75. The van der Waals surface area contributed by atoms with Gasteiger partial charge in [0.2, 0.25) is 11.0 Å². The minimum absolute atomic E-state index is 0.309. The summed E-state index contributed by atoms with van der Waals surface area (Å²) in [4.78, 5) is 4.36. The summed E-state index contributed by atoms with van der Waals surface area (Å²) >= 11 is 3.14. The number of hydrogen-bond acceptors (Lipinski definition) is 8. The predicted molar refractivity (Wildman–Crippen MR) is 82.9 cm³/mol. The molecule has 1 atom stereocenters. The third-order valence-electron chi connectivity index (χ3n) is 3.30. The summed E-state index contributed by atoms with van der Waals surface area (Å²) in [5, 5.41) is 12.4. The molecule has 0 bridgehead atoms. The summed E-state index contributed by atoms with van der Waals surface area (Å²) in [5.41, 5.74) is 0.946. The molecule has 114 valence electrons. The van der Waals surface area contributed by atoms with Crippen molar-refractivity contribution >= 4 is 28.2 Å². The molecule has 1 aliphatic rings. The highest BCUT2D eigenvalue weighted by Gasteiger charge is 2.16. The van der Waals surface area contributed by atoms with Gasteiger partial charge in [0.15, 0.2) is 4.34 Å². The quantitative estimate of drug-likeness (QED) is 0.818. The molecule has 2 aromatic heterocycles. The van der Waals surface area contributed by atoms with E-state index >= 15 is 0 Å². The van der Waals surface area contributed by atoms with Crippen LogP contribution in [0, 0.1) is 13.8 Å². The Labute approximate surface area is 131 Å². The zero-order valence-electron chi connectivity index (χ0n) is 12.1. The second kappa shape index (κ2) is 6.76. The topological polar surface area (TPSA) is 73.1 Å². The summed E-state index contributed by atoms with van der Waals surface area (Å²) in [6.07, 6.45) is 2.58. The van der Waals surface area contributed by atoms with Gasteiger partial charge >= 0.3 is 0 Å². The molecule has 0 saturated carbocycles. The Morgan fingerprint density at radius 3 is 3.00 bits per heavy atom. The van der Waals surface area contributed by atoms with Crippen LogP contribution < -0.4 is 5.32 Å². The maximum Gasteiger partial charge on any atom is 0.206 e. The van der Waals surface area contributed by atoms with Crippen molar-refractivity contribution in [3.05, 3.63) is 17.3 Å². The van der Waals surface area contributed by atoms with E-state index in [1.807, 2.05) is 13.8 Å². The van der Waals surface area contributed by atoms with E-state index in [2.05, 4.69) is 20.5 Å². The second-order valence-corrected chi connectivity index (χ2v) is 7.13. The van der Waals surface area contributed by atoms with E-state index in [1.165, 1.54) is 0 Å². The van der Waals surface area contributed by atoms with Crippen LogP contribution >= 0.6 is 23.1 Å². The van der Waals surface area contributed by atoms with Gasteiger partial charge < -0.3 is 14.5 Å². The average Bonchev–Trinajstić information content (AvgIpc) is 3.18.